The lowest BCUT2D eigenvalue weighted by Crippen LogP contribution is -1.98. The Hall–Kier alpha value is -3.98. The fourth-order valence-electron chi connectivity index (χ4n) is 2.59. The van der Waals surface area contributed by atoms with Crippen LogP contribution in [0.25, 0.3) is 11.6 Å². The molecular formula is C22H15FN2O3. The second-order valence-electron chi connectivity index (χ2n) is 5.93. The van der Waals surface area contributed by atoms with Crippen molar-refractivity contribution >= 4 is 17.3 Å². The van der Waals surface area contributed by atoms with Crippen molar-refractivity contribution in [2.75, 3.05) is 0 Å². The highest BCUT2D eigenvalue weighted by molar-refractivity contribution is 5.90. The van der Waals surface area contributed by atoms with Crippen LogP contribution >= 0.6 is 0 Å². The van der Waals surface area contributed by atoms with E-state index in [-0.39, 0.29) is 17.9 Å². The minimum absolute atomic E-state index is 0.116. The van der Waals surface area contributed by atoms with Gasteiger partial charge in [0.2, 0.25) is 0 Å². The lowest BCUT2D eigenvalue weighted by atomic mass is 10.0. The van der Waals surface area contributed by atoms with Crippen LogP contribution in [-0.2, 0) is 6.61 Å². The molecule has 5 nitrogen and oxygen atoms in total. The zero-order valence-electron chi connectivity index (χ0n) is 14.7. The van der Waals surface area contributed by atoms with Crippen molar-refractivity contribution in [3.63, 3.8) is 0 Å². The molecule has 0 heterocycles. The monoisotopic (exact) mass is 374 g/mol. The molecule has 0 aliphatic carbocycles. The molecule has 6 heteroatoms. The van der Waals surface area contributed by atoms with Crippen molar-refractivity contribution < 1.29 is 14.1 Å². The van der Waals surface area contributed by atoms with Crippen LogP contribution in [0.4, 0.5) is 10.1 Å². The highest BCUT2D eigenvalue weighted by Crippen LogP contribution is 2.29. The van der Waals surface area contributed by atoms with E-state index >= 15 is 0 Å². The van der Waals surface area contributed by atoms with Gasteiger partial charge in [-0.1, -0.05) is 42.5 Å². The molecule has 0 saturated heterocycles. The minimum atomic E-state index is -0.512. The van der Waals surface area contributed by atoms with Gasteiger partial charge in [0.15, 0.2) is 0 Å². The molecule has 3 aromatic rings. The Morgan fingerprint density at radius 1 is 1.11 bits per heavy atom. The van der Waals surface area contributed by atoms with Gasteiger partial charge in [-0.25, -0.2) is 4.39 Å². The summed E-state index contributed by atoms with van der Waals surface area (Å²) in [5.74, 6) is -0.00686. The molecule has 0 N–H and O–H groups in total. The molecule has 0 radical (unpaired) electrons. The lowest BCUT2D eigenvalue weighted by molar-refractivity contribution is -0.384. The number of halogens is 1. The van der Waals surface area contributed by atoms with Crippen molar-refractivity contribution in [1.29, 1.82) is 5.26 Å². The Balaban J connectivity index is 1.98. The zero-order chi connectivity index (χ0) is 19.9. The van der Waals surface area contributed by atoms with E-state index in [1.54, 1.807) is 0 Å². The van der Waals surface area contributed by atoms with Gasteiger partial charge in [-0.2, -0.15) is 5.26 Å². The third-order valence-corrected chi connectivity index (χ3v) is 4.02. The first-order chi connectivity index (χ1) is 13.6. The standard InChI is InChI=1S/C22H15FN2O3/c23-20-8-6-17(7-9-20)19(14-24)12-18-13-21(25(26)27)10-11-22(18)28-15-16-4-2-1-3-5-16/h1-13H,15H2. The quantitative estimate of drug-likeness (QED) is 0.251. The molecule has 0 fully saturated rings. The number of nitrogens with zero attached hydrogens (tertiary/aromatic N) is 2. The van der Waals surface area contributed by atoms with Crippen molar-refractivity contribution in [2.24, 2.45) is 0 Å². The fourth-order valence-corrected chi connectivity index (χ4v) is 2.59. The Labute approximate surface area is 161 Å². The molecule has 3 aromatic carbocycles. The van der Waals surface area contributed by atoms with Gasteiger partial charge in [0.25, 0.3) is 5.69 Å². The molecule has 0 aromatic heterocycles. The fraction of sp³-hybridized carbons (Fsp3) is 0.0455. The molecule has 0 atom stereocenters. The second kappa shape index (κ2) is 8.60. The summed E-state index contributed by atoms with van der Waals surface area (Å²) < 4.78 is 19.0. The molecule has 0 saturated carbocycles. The van der Waals surface area contributed by atoms with E-state index in [0.29, 0.717) is 16.9 Å². The molecular weight excluding hydrogens is 359 g/mol. The normalized spacial score (nSPS) is 10.9. The highest BCUT2D eigenvalue weighted by Gasteiger charge is 2.12. The van der Waals surface area contributed by atoms with Crippen LogP contribution < -0.4 is 4.74 Å². The first kappa shape index (κ1) is 18.8. The Bertz CT molecular complexity index is 1060. The number of non-ortho nitro benzene ring substituents is 1. The van der Waals surface area contributed by atoms with E-state index in [1.807, 2.05) is 36.4 Å². The predicted octanol–water partition coefficient (Wildman–Crippen LogP) is 5.38. The first-order valence-electron chi connectivity index (χ1n) is 8.40. The summed E-state index contributed by atoms with van der Waals surface area (Å²) in [6, 6.07) is 21.2. The van der Waals surface area contributed by atoms with Gasteiger partial charge < -0.3 is 4.74 Å². The molecule has 0 amide bonds. The van der Waals surface area contributed by atoms with E-state index in [2.05, 4.69) is 0 Å². The highest BCUT2D eigenvalue weighted by atomic mass is 19.1. The zero-order valence-corrected chi connectivity index (χ0v) is 14.7. The summed E-state index contributed by atoms with van der Waals surface area (Å²) in [7, 11) is 0. The van der Waals surface area contributed by atoms with Gasteiger partial charge in [0.1, 0.15) is 18.2 Å². The summed E-state index contributed by atoms with van der Waals surface area (Å²) in [6.45, 7) is 0.276. The molecule has 3 rings (SSSR count). The molecule has 28 heavy (non-hydrogen) atoms. The number of rotatable bonds is 6. The van der Waals surface area contributed by atoms with Crippen molar-refractivity contribution in [1.82, 2.24) is 0 Å². The van der Waals surface area contributed by atoms with Crippen LogP contribution in [-0.4, -0.2) is 4.92 Å². The number of nitro groups is 1. The van der Waals surface area contributed by atoms with Crippen LogP contribution in [0.5, 0.6) is 5.75 Å². The van der Waals surface area contributed by atoms with E-state index in [4.69, 9.17) is 4.74 Å². The topological polar surface area (TPSA) is 76.2 Å². The minimum Gasteiger partial charge on any atom is -0.488 e. The van der Waals surface area contributed by atoms with Gasteiger partial charge in [0.05, 0.1) is 16.6 Å². The van der Waals surface area contributed by atoms with Crippen LogP contribution in [0.2, 0.25) is 0 Å². The third kappa shape index (κ3) is 4.59. The molecule has 0 spiro atoms. The Morgan fingerprint density at radius 2 is 1.82 bits per heavy atom. The summed E-state index contributed by atoms with van der Waals surface area (Å²) in [4.78, 5) is 10.6. The van der Waals surface area contributed by atoms with Gasteiger partial charge in [-0.05, 0) is 35.4 Å². The van der Waals surface area contributed by atoms with Crippen molar-refractivity contribution in [2.45, 2.75) is 6.61 Å². The van der Waals surface area contributed by atoms with E-state index in [1.165, 1.54) is 48.5 Å². The van der Waals surface area contributed by atoms with Gasteiger partial charge in [0, 0.05) is 17.7 Å². The maximum absolute atomic E-state index is 13.2. The second-order valence-corrected chi connectivity index (χ2v) is 5.93. The number of ether oxygens (including phenoxy) is 1. The Kier molecular flexibility index (Phi) is 5.78. The van der Waals surface area contributed by atoms with Gasteiger partial charge in [-0.15, -0.1) is 0 Å². The van der Waals surface area contributed by atoms with Crippen LogP contribution in [0.1, 0.15) is 16.7 Å². The van der Waals surface area contributed by atoms with Crippen LogP contribution in [0.15, 0.2) is 72.8 Å². The summed E-state index contributed by atoms with van der Waals surface area (Å²) in [5, 5.41) is 20.6. The maximum atomic E-state index is 13.2. The SMILES string of the molecule is N#CC(=Cc1cc([N+](=O)[O-])ccc1OCc1ccccc1)c1ccc(F)cc1. The van der Waals surface area contributed by atoms with Crippen molar-refractivity contribution in [3.8, 4) is 11.8 Å². The Morgan fingerprint density at radius 3 is 2.46 bits per heavy atom. The number of hydrogen-bond acceptors (Lipinski definition) is 4. The molecule has 0 aliphatic heterocycles. The van der Waals surface area contributed by atoms with Crippen LogP contribution in [0, 0.1) is 27.3 Å². The number of nitriles is 1. The predicted molar refractivity (Wildman–Crippen MR) is 104 cm³/mol. The third-order valence-electron chi connectivity index (χ3n) is 4.02. The largest absolute Gasteiger partial charge is 0.488 e. The molecule has 0 unspecified atom stereocenters. The molecule has 138 valence electrons. The van der Waals surface area contributed by atoms with E-state index in [0.717, 1.165) is 5.56 Å². The summed E-state index contributed by atoms with van der Waals surface area (Å²) in [5.41, 5.74) is 1.96. The summed E-state index contributed by atoms with van der Waals surface area (Å²) in [6.07, 6.45) is 1.50. The van der Waals surface area contributed by atoms with Gasteiger partial charge in [-0.3, -0.25) is 10.1 Å². The van der Waals surface area contributed by atoms with Crippen molar-refractivity contribution in [3.05, 3.63) is 105 Å². The lowest BCUT2D eigenvalue weighted by Gasteiger charge is -2.10. The maximum Gasteiger partial charge on any atom is 0.270 e. The van der Waals surface area contributed by atoms with Crippen LogP contribution in [0.3, 0.4) is 0 Å². The number of nitro benzene ring substituents is 1. The summed E-state index contributed by atoms with van der Waals surface area (Å²) >= 11 is 0. The van der Waals surface area contributed by atoms with E-state index < -0.39 is 10.7 Å². The number of allylic oxidation sites excluding steroid dienone is 1. The van der Waals surface area contributed by atoms with E-state index in [9.17, 15) is 19.8 Å². The average molecular weight is 374 g/mol. The first-order valence-corrected chi connectivity index (χ1v) is 8.40. The number of benzene rings is 3. The number of hydrogen-bond donors (Lipinski definition) is 0. The smallest absolute Gasteiger partial charge is 0.270 e. The molecule has 0 aliphatic rings. The average Bonchev–Trinajstić information content (AvgIpc) is 2.72. The van der Waals surface area contributed by atoms with Gasteiger partial charge >= 0.3 is 0 Å². The molecule has 0 bridgehead atoms.